The van der Waals surface area contributed by atoms with E-state index >= 15 is 0 Å². The number of nitrogens with one attached hydrogen (secondary N) is 1. The maximum absolute atomic E-state index is 12.7. The number of para-hydroxylation sites is 2. The summed E-state index contributed by atoms with van der Waals surface area (Å²) in [6.07, 6.45) is 0.741. The molecule has 0 radical (unpaired) electrons. The second-order valence-electron chi connectivity index (χ2n) is 6.81. The predicted octanol–water partition coefficient (Wildman–Crippen LogP) is 2.70. The molecule has 29 heavy (non-hydrogen) atoms. The number of aromatic nitrogens is 4. The van der Waals surface area contributed by atoms with E-state index in [1.54, 1.807) is 4.57 Å². The van der Waals surface area contributed by atoms with Crippen molar-refractivity contribution in [3.05, 3.63) is 51.6 Å². The lowest BCUT2D eigenvalue weighted by atomic mass is 10.1. The van der Waals surface area contributed by atoms with Gasteiger partial charge in [0.25, 0.3) is 5.56 Å². The summed E-state index contributed by atoms with van der Waals surface area (Å²) in [7, 11) is 0. The van der Waals surface area contributed by atoms with Crippen LogP contribution in [-0.4, -0.2) is 37.5 Å². The van der Waals surface area contributed by atoms with Crippen LogP contribution >= 0.6 is 11.8 Å². The van der Waals surface area contributed by atoms with Crippen molar-refractivity contribution in [2.75, 3.05) is 12.3 Å². The standard InChI is InChI=1S/C21H27N5O2S/c1-5-25-18-10-8-7-9-17(18)23-20(21(25)28)29-13-19(27)22-12-11-16-14(3)24-26(6-2)15(16)4/h7-10H,5-6,11-13H2,1-4H3,(H,22,27). The van der Waals surface area contributed by atoms with E-state index in [1.807, 2.05) is 42.8 Å². The first kappa shape index (κ1) is 21.1. The molecular formula is C21H27N5O2S. The number of nitrogens with zero attached hydrogens (tertiary/aromatic N) is 4. The highest BCUT2D eigenvalue weighted by atomic mass is 32.2. The Morgan fingerprint density at radius 2 is 1.93 bits per heavy atom. The molecule has 3 rings (SSSR count). The fourth-order valence-corrected chi connectivity index (χ4v) is 4.26. The van der Waals surface area contributed by atoms with Crippen LogP contribution < -0.4 is 10.9 Å². The number of benzene rings is 1. The van der Waals surface area contributed by atoms with Crippen molar-refractivity contribution < 1.29 is 4.79 Å². The number of fused-ring (bicyclic) bond motifs is 1. The molecule has 0 spiro atoms. The van der Waals surface area contributed by atoms with Crippen molar-refractivity contribution in [3.8, 4) is 0 Å². The van der Waals surface area contributed by atoms with Crippen LogP contribution in [0.5, 0.6) is 0 Å². The van der Waals surface area contributed by atoms with Crippen molar-refractivity contribution in [2.24, 2.45) is 0 Å². The van der Waals surface area contributed by atoms with E-state index in [2.05, 4.69) is 29.2 Å². The van der Waals surface area contributed by atoms with Crippen molar-refractivity contribution in [1.29, 1.82) is 0 Å². The van der Waals surface area contributed by atoms with Gasteiger partial charge >= 0.3 is 0 Å². The average molecular weight is 414 g/mol. The van der Waals surface area contributed by atoms with Crippen LogP contribution in [0.1, 0.15) is 30.8 Å². The second-order valence-corrected chi connectivity index (χ2v) is 7.77. The molecule has 0 aliphatic heterocycles. The molecule has 0 fully saturated rings. The van der Waals surface area contributed by atoms with Gasteiger partial charge in [0.2, 0.25) is 5.91 Å². The lowest BCUT2D eigenvalue weighted by Crippen LogP contribution is -2.28. The highest BCUT2D eigenvalue weighted by Crippen LogP contribution is 2.17. The fraction of sp³-hybridized carbons (Fsp3) is 0.429. The normalized spacial score (nSPS) is 11.2. The molecule has 1 amide bonds. The zero-order valence-electron chi connectivity index (χ0n) is 17.4. The Kier molecular flexibility index (Phi) is 6.74. The molecule has 0 saturated heterocycles. The molecule has 0 atom stereocenters. The molecule has 1 aromatic carbocycles. The minimum absolute atomic E-state index is 0.106. The third kappa shape index (κ3) is 4.53. The van der Waals surface area contributed by atoms with Gasteiger partial charge in [0, 0.05) is 25.3 Å². The lowest BCUT2D eigenvalue weighted by Gasteiger charge is -2.10. The van der Waals surface area contributed by atoms with Crippen molar-refractivity contribution in [2.45, 2.75) is 52.2 Å². The van der Waals surface area contributed by atoms with E-state index in [-0.39, 0.29) is 17.2 Å². The van der Waals surface area contributed by atoms with E-state index < -0.39 is 0 Å². The van der Waals surface area contributed by atoms with Crippen molar-refractivity contribution in [3.63, 3.8) is 0 Å². The summed E-state index contributed by atoms with van der Waals surface area (Å²) < 4.78 is 3.67. The van der Waals surface area contributed by atoms with E-state index in [4.69, 9.17) is 0 Å². The number of hydrogen-bond donors (Lipinski definition) is 1. The number of rotatable bonds is 8. The Balaban J connectivity index is 1.61. The minimum Gasteiger partial charge on any atom is -0.355 e. The first-order valence-corrected chi connectivity index (χ1v) is 10.9. The first-order chi connectivity index (χ1) is 14.0. The summed E-state index contributed by atoms with van der Waals surface area (Å²) in [5.41, 5.74) is 4.76. The van der Waals surface area contributed by atoms with Gasteiger partial charge in [-0.15, -0.1) is 0 Å². The summed E-state index contributed by atoms with van der Waals surface area (Å²) in [5.74, 6) is 0.0572. The summed E-state index contributed by atoms with van der Waals surface area (Å²) in [6.45, 7) is 9.99. The zero-order valence-corrected chi connectivity index (χ0v) is 18.2. The van der Waals surface area contributed by atoms with Crippen LogP contribution in [-0.2, 0) is 24.3 Å². The second kappa shape index (κ2) is 9.26. The molecular weight excluding hydrogens is 386 g/mol. The van der Waals surface area contributed by atoms with Gasteiger partial charge in [-0.05, 0) is 51.8 Å². The van der Waals surface area contributed by atoms with Gasteiger partial charge in [-0.2, -0.15) is 5.10 Å². The van der Waals surface area contributed by atoms with Crippen LogP contribution in [0, 0.1) is 13.8 Å². The number of carbonyl (C=O) groups is 1. The Morgan fingerprint density at radius 1 is 1.17 bits per heavy atom. The van der Waals surface area contributed by atoms with Gasteiger partial charge in [-0.1, -0.05) is 23.9 Å². The van der Waals surface area contributed by atoms with Crippen molar-refractivity contribution >= 4 is 28.7 Å². The van der Waals surface area contributed by atoms with Crippen LogP contribution in [0.3, 0.4) is 0 Å². The summed E-state index contributed by atoms with van der Waals surface area (Å²) >= 11 is 1.19. The molecule has 2 aromatic heterocycles. The average Bonchev–Trinajstić information content (AvgIpc) is 3.00. The van der Waals surface area contributed by atoms with E-state index in [0.717, 1.165) is 35.4 Å². The molecule has 0 aliphatic carbocycles. The zero-order chi connectivity index (χ0) is 21.0. The van der Waals surface area contributed by atoms with Gasteiger partial charge < -0.3 is 9.88 Å². The first-order valence-electron chi connectivity index (χ1n) is 9.88. The summed E-state index contributed by atoms with van der Waals surface area (Å²) in [6, 6.07) is 7.56. The number of amides is 1. The van der Waals surface area contributed by atoms with Gasteiger partial charge in [0.15, 0.2) is 5.03 Å². The molecule has 8 heteroatoms. The van der Waals surface area contributed by atoms with Crippen molar-refractivity contribution in [1.82, 2.24) is 24.6 Å². The smallest absolute Gasteiger partial charge is 0.283 e. The molecule has 0 aliphatic rings. The molecule has 3 aromatic rings. The van der Waals surface area contributed by atoms with Gasteiger partial charge in [0.1, 0.15) is 0 Å². The highest BCUT2D eigenvalue weighted by Gasteiger charge is 2.13. The molecule has 0 bridgehead atoms. The highest BCUT2D eigenvalue weighted by molar-refractivity contribution is 7.99. The molecule has 0 unspecified atom stereocenters. The Hall–Kier alpha value is -2.61. The van der Waals surface area contributed by atoms with Gasteiger partial charge in [0.05, 0.1) is 22.5 Å². The number of thioether (sulfide) groups is 1. The summed E-state index contributed by atoms with van der Waals surface area (Å²) in [4.78, 5) is 29.4. The topological polar surface area (TPSA) is 81.8 Å². The number of hydrogen-bond acceptors (Lipinski definition) is 5. The maximum Gasteiger partial charge on any atom is 0.283 e. The van der Waals surface area contributed by atoms with E-state index in [9.17, 15) is 9.59 Å². The minimum atomic E-state index is -0.151. The fourth-order valence-electron chi connectivity index (χ4n) is 3.49. The summed E-state index contributed by atoms with van der Waals surface area (Å²) in [5, 5.41) is 7.80. The van der Waals surface area contributed by atoms with Crippen LogP contribution in [0.2, 0.25) is 0 Å². The Bertz CT molecular complexity index is 1090. The van der Waals surface area contributed by atoms with Gasteiger partial charge in [-0.25, -0.2) is 4.98 Å². The third-order valence-corrected chi connectivity index (χ3v) is 5.95. The van der Waals surface area contributed by atoms with Crippen LogP contribution in [0.4, 0.5) is 0 Å². The molecule has 2 heterocycles. The molecule has 0 saturated carbocycles. The quantitative estimate of drug-likeness (QED) is 0.574. The SMILES string of the molecule is CCn1nc(C)c(CCNC(=O)CSc2nc3ccccc3n(CC)c2=O)c1C. The Morgan fingerprint density at radius 3 is 2.62 bits per heavy atom. The lowest BCUT2D eigenvalue weighted by molar-refractivity contribution is -0.118. The largest absolute Gasteiger partial charge is 0.355 e. The van der Waals surface area contributed by atoms with Gasteiger partial charge in [-0.3, -0.25) is 14.3 Å². The molecule has 154 valence electrons. The predicted molar refractivity (Wildman–Crippen MR) is 116 cm³/mol. The maximum atomic E-state index is 12.7. The monoisotopic (exact) mass is 413 g/mol. The third-order valence-electron chi connectivity index (χ3n) is 5.01. The molecule has 1 N–H and O–H groups in total. The van der Waals surface area contributed by atoms with Crippen LogP contribution in [0.15, 0.2) is 34.1 Å². The van der Waals surface area contributed by atoms with E-state index in [1.165, 1.54) is 17.3 Å². The van der Waals surface area contributed by atoms with E-state index in [0.29, 0.717) is 18.1 Å². The molecule has 7 nitrogen and oxygen atoms in total. The number of aryl methyl sites for hydroxylation is 3. The number of carbonyl (C=O) groups excluding carboxylic acids is 1. The Labute approximate surface area is 174 Å². The van der Waals surface area contributed by atoms with Crippen LogP contribution in [0.25, 0.3) is 11.0 Å².